The van der Waals surface area contributed by atoms with Crippen LogP contribution in [-0.2, 0) is 4.79 Å². The minimum Gasteiger partial charge on any atom is -0.325 e. The van der Waals surface area contributed by atoms with E-state index in [1.807, 2.05) is 0 Å². The van der Waals surface area contributed by atoms with E-state index < -0.39 is 0 Å². The number of carbonyl (C=O) groups excluding carboxylic acids is 1. The first-order valence-electron chi connectivity index (χ1n) is 7.23. The third kappa shape index (κ3) is 3.14. The van der Waals surface area contributed by atoms with Crippen molar-refractivity contribution in [1.82, 2.24) is 0 Å². The molecule has 1 amide bonds. The van der Waals surface area contributed by atoms with E-state index in [0.29, 0.717) is 0 Å². The van der Waals surface area contributed by atoms with Crippen LogP contribution in [0, 0.1) is 11.7 Å². The van der Waals surface area contributed by atoms with Gasteiger partial charge in [0, 0.05) is 5.69 Å². The SMILES string of the molecule is CCCCCCC(C)C1C(=O)Nc2ccc(F)cc21. The summed E-state index contributed by atoms with van der Waals surface area (Å²) >= 11 is 0. The molecule has 0 spiro atoms. The highest BCUT2D eigenvalue weighted by Crippen LogP contribution is 2.39. The van der Waals surface area contributed by atoms with Crippen molar-refractivity contribution in [2.24, 2.45) is 5.92 Å². The van der Waals surface area contributed by atoms with Gasteiger partial charge in [0.25, 0.3) is 0 Å². The Morgan fingerprint density at radius 1 is 1.32 bits per heavy atom. The molecular formula is C16H22FNO. The number of unbranched alkanes of at least 4 members (excludes halogenated alkanes) is 3. The predicted molar refractivity (Wildman–Crippen MR) is 75.7 cm³/mol. The van der Waals surface area contributed by atoms with E-state index in [9.17, 15) is 9.18 Å². The molecule has 2 nitrogen and oxygen atoms in total. The molecule has 1 heterocycles. The van der Waals surface area contributed by atoms with E-state index in [4.69, 9.17) is 0 Å². The van der Waals surface area contributed by atoms with Gasteiger partial charge in [-0.3, -0.25) is 4.79 Å². The largest absolute Gasteiger partial charge is 0.325 e. The number of carbonyl (C=O) groups is 1. The van der Waals surface area contributed by atoms with Crippen LogP contribution in [0.3, 0.4) is 0 Å². The van der Waals surface area contributed by atoms with Crippen molar-refractivity contribution in [1.29, 1.82) is 0 Å². The lowest BCUT2D eigenvalue weighted by molar-refractivity contribution is -0.118. The number of benzene rings is 1. The van der Waals surface area contributed by atoms with E-state index in [1.54, 1.807) is 6.07 Å². The Kier molecular flexibility index (Phi) is 4.56. The standard InChI is InChI=1S/C16H22FNO/c1-3-4-5-6-7-11(2)15-13-10-12(17)8-9-14(13)18-16(15)19/h8-11,15H,3-7H2,1-2H3,(H,18,19). The molecule has 0 aliphatic carbocycles. The van der Waals surface area contributed by atoms with Crippen molar-refractivity contribution in [2.45, 2.75) is 51.9 Å². The van der Waals surface area contributed by atoms with Gasteiger partial charge in [0.05, 0.1) is 5.92 Å². The second-order valence-corrected chi connectivity index (χ2v) is 5.53. The monoisotopic (exact) mass is 263 g/mol. The Labute approximate surface area is 114 Å². The van der Waals surface area contributed by atoms with Gasteiger partial charge in [-0.05, 0) is 36.1 Å². The van der Waals surface area contributed by atoms with Crippen LogP contribution in [-0.4, -0.2) is 5.91 Å². The van der Waals surface area contributed by atoms with Crippen LogP contribution >= 0.6 is 0 Å². The quantitative estimate of drug-likeness (QED) is 0.754. The summed E-state index contributed by atoms with van der Waals surface area (Å²) in [6.45, 7) is 4.28. The molecule has 2 rings (SSSR count). The maximum Gasteiger partial charge on any atom is 0.232 e. The summed E-state index contributed by atoms with van der Waals surface area (Å²) in [5, 5.41) is 2.85. The Balaban J connectivity index is 2.04. The van der Waals surface area contributed by atoms with Gasteiger partial charge in [-0.15, -0.1) is 0 Å². The first-order valence-corrected chi connectivity index (χ1v) is 7.23. The van der Waals surface area contributed by atoms with Crippen molar-refractivity contribution in [3.8, 4) is 0 Å². The number of hydrogen-bond donors (Lipinski definition) is 1. The third-order valence-corrected chi connectivity index (χ3v) is 3.97. The van der Waals surface area contributed by atoms with Crippen LogP contribution in [0.5, 0.6) is 0 Å². The van der Waals surface area contributed by atoms with Gasteiger partial charge in [-0.25, -0.2) is 4.39 Å². The number of rotatable bonds is 6. The fourth-order valence-electron chi connectivity index (χ4n) is 2.88. The van der Waals surface area contributed by atoms with Gasteiger partial charge in [0.15, 0.2) is 0 Å². The highest BCUT2D eigenvalue weighted by molar-refractivity contribution is 6.03. The molecule has 2 atom stereocenters. The number of anilines is 1. The molecule has 1 aromatic carbocycles. The molecule has 104 valence electrons. The van der Waals surface area contributed by atoms with E-state index >= 15 is 0 Å². The molecule has 2 unspecified atom stereocenters. The normalized spacial score (nSPS) is 19.1. The summed E-state index contributed by atoms with van der Waals surface area (Å²) in [4.78, 5) is 12.0. The summed E-state index contributed by atoms with van der Waals surface area (Å²) in [6, 6.07) is 4.56. The minimum atomic E-state index is -0.265. The number of hydrogen-bond acceptors (Lipinski definition) is 1. The molecular weight excluding hydrogens is 241 g/mol. The van der Waals surface area contributed by atoms with Gasteiger partial charge in [-0.2, -0.15) is 0 Å². The zero-order valence-corrected chi connectivity index (χ0v) is 11.7. The summed E-state index contributed by atoms with van der Waals surface area (Å²) in [5.41, 5.74) is 1.60. The lowest BCUT2D eigenvalue weighted by Crippen LogP contribution is -2.19. The zero-order chi connectivity index (χ0) is 13.8. The summed E-state index contributed by atoms with van der Waals surface area (Å²) in [5.74, 6) is -0.172. The average molecular weight is 263 g/mol. The number of halogens is 1. The minimum absolute atomic E-state index is 0.0172. The van der Waals surface area contributed by atoms with Crippen molar-refractivity contribution in [2.75, 3.05) is 5.32 Å². The number of nitrogens with one attached hydrogen (secondary N) is 1. The van der Waals surface area contributed by atoms with Crippen LogP contribution in [0.2, 0.25) is 0 Å². The maximum absolute atomic E-state index is 13.3. The Bertz CT molecular complexity index is 458. The van der Waals surface area contributed by atoms with Gasteiger partial charge in [0.1, 0.15) is 5.82 Å². The van der Waals surface area contributed by atoms with Crippen molar-refractivity contribution in [3.05, 3.63) is 29.6 Å². The molecule has 1 aliphatic rings. The third-order valence-electron chi connectivity index (χ3n) is 3.97. The molecule has 0 saturated heterocycles. The van der Waals surface area contributed by atoms with E-state index in [0.717, 1.165) is 24.1 Å². The molecule has 1 N–H and O–H groups in total. The molecule has 1 aliphatic heterocycles. The van der Waals surface area contributed by atoms with Gasteiger partial charge < -0.3 is 5.32 Å². The lowest BCUT2D eigenvalue weighted by Gasteiger charge is -2.17. The zero-order valence-electron chi connectivity index (χ0n) is 11.7. The fourth-order valence-corrected chi connectivity index (χ4v) is 2.88. The van der Waals surface area contributed by atoms with Crippen LogP contribution in [0.1, 0.15) is 57.4 Å². The van der Waals surface area contributed by atoms with Crippen molar-refractivity contribution >= 4 is 11.6 Å². The predicted octanol–water partition coefficient (Wildman–Crippen LogP) is 4.47. The topological polar surface area (TPSA) is 29.1 Å². The van der Waals surface area contributed by atoms with Crippen molar-refractivity contribution < 1.29 is 9.18 Å². The fraction of sp³-hybridized carbons (Fsp3) is 0.562. The van der Waals surface area contributed by atoms with E-state index in [-0.39, 0.29) is 23.6 Å². The highest BCUT2D eigenvalue weighted by atomic mass is 19.1. The molecule has 1 aromatic rings. The second kappa shape index (κ2) is 6.18. The van der Waals surface area contributed by atoms with Crippen molar-refractivity contribution in [3.63, 3.8) is 0 Å². The highest BCUT2D eigenvalue weighted by Gasteiger charge is 2.34. The first-order chi connectivity index (χ1) is 9.13. The van der Waals surface area contributed by atoms with Gasteiger partial charge in [-0.1, -0.05) is 39.5 Å². The Hall–Kier alpha value is -1.38. The van der Waals surface area contributed by atoms with E-state index in [1.165, 1.54) is 31.4 Å². The van der Waals surface area contributed by atoms with Crippen LogP contribution in [0.25, 0.3) is 0 Å². The Morgan fingerprint density at radius 2 is 2.11 bits per heavy atom. The number of fused-ring (bicyclic) bond motifs is 1. The molecule has 0 saturated carbocycles. The van der Waals surface area contributed by atoms with E-state index in [2.05, 4.69) is 19.2 Å². The summed E-state index contributed by atoms with van der Waals surface area (Å²) in [6.07, 6.45) is 5.84. The lowest BCUT2D eigenvalue weighted by atomic mass is 9.85. The summed E-state index contributed by atoms with van der Waals surface area (Å²) in [7, 11) is 0. The second-order valence-electron chi connectivity index (χ2n) is 5.53. The molecule has 0 fully saturated rings. The molecule has 0 aromatic heterocycles. The summed E-state index contributed by atoms with van der Waals surface area (Å²) < 4.78 is 13.3. The molecule has 0 bridgehead atoms. The smallest absolute Gasteiger partial charge is 0.232 e. The molecule has 3 heteroatoms. The van der Waals surface area contributed by atoms with Crippen LogP contribution in [0.15, 0.2) is 18.2 Å². The molecule has 0 radical (unpaired) electrons. The molecule has 19 heavy (non-hydrogen) atoms. The van der Waals surface area contributed by atoms with Crippen LogP contribution in [0.4, 0.5) is 10.1 Å². The van der Waals surface area contributed by atoms with Gasteiger partial charge in [0.2, 0.25) is 5.91 Å². The number of amides is 1. The van der Waals surface area contributed by atoms with Gasteiger partial charge >= 0.3 is 0 Å². The maximum atomic E-state index is 13.3. The average Bonchev–Trinajstić information content (AvgIpc) is 2.70. The van der Waals surface area contributed by atoms with Crippen LogP contribution < -0.4 is 5.32 Å². The first kappa shape index (κ1) is 14.0. The Morgan fingerprint density at radius 3 is 2.84 bits per heavy atom.